The number of benzene rings is 1. The minimum atomic E-state index is -1.08. The number of aliphatic hydroxyl groups is 1. The van der Waals surface area contributed by atoms with Gasteiger partial charge in [0, 0.05) is 25.2 Å². The molecule has 0 spiro atoms. The van der Waals surface area contributed by atoms with Gasteiger partial charge in [0.25, 0.3) is 5.91 Å². The van der Waals surface area contributed by atoms with Crippen molar-refractivity contribution in [3.8, 4) is 5.75 Å². The Hall–Kier alpha value is -2.85. The standard InChI is InChI=1S/C31H54N4O6/c1-5-7-8-9-10-11-12-13-14-15-22-32-28(37)17-16-23-41-27-20-18-26(19-21-27)33-30(31(39)35(6-2)40-4)34-29(38)24-25(3)36/h18-21,25,30,33,36H,5-17,22-24H2,1-4H3,(H,32,37)(H,34,38). The molecule has 2 unspecified atom stereocenters. The van der Waals surface area contributed by atoms with Gasteiger partial charge in [-0.15, -0.1) is 0 Å². The Kier molecular flexibility index (Phi) is 20.1. The fraction of sp³-hybridized carbons (Fsp3) is 0.710. The minimum absolute atomic E-state index is 0.0506. The molecule has 0 aliphatic rings. The normalized spacial score (nSPS) is 12.3. The largest absolute Gasteiger partial charge is 0.494 e. The number of rotatable bonds is 24. The van der Waals surface area contributed by atoms with Crippen LogP contribution in [0.25, 0.3) is 0 Å². The molecule has 234 valence electrons. The van der Waals surface area contributed by atoms with Crippen molar-refractivity contribution < 1.29 is 29.1 Å². The van der Waals surface area contributed by atoms with Gasteiger partial charge in [-0.2, -0.15) is 0 Å². The van der Waals surface area contributed by atoms with E-state index >= 15 is 0 Å². The van der Waals surface area contributed by atoms with Gasteiger partial charge in [0.05, 0.1) is 26.2 Å². The van der Waals surface area contributed by atoms with Crippen LogP contribution in [0.4, 0.5) is 5.69 Å². The van der Waals surface area contributed by atoms with Crippen molar-refractivity contribution in [2.24, 2.45) is 0 Å². The first-order chi connectivity index (χ1) is 19.8. The summed E-state index contributed by atoms with van der Waals surface area (Å²) in [5.74, 6) is -0.254. The van der Waals surface area contributed by atoms with E-state index in [0.717, 1.165) is 24.4 Å². The molecule has 1 aromatic rings. The lowest BCUT2D eigenvalue weighted by atomic mass is 10.1. The van der Waals surface area contributed by atoms with Crippen molar-refractivity contribution in [3.63, 3.8) is 0 Å². The van der Waals surface area contributed by atoms with Crippen molar-refractivity contribution in [3.05, 3.63) is 24.3 Å². The maximum absolute atomic E-state index is 12.8. The second kappa shape index (κ2) is 22.8. The third-order valence-electron chi connectivity index (χ3n) is 6.62. The van der Waals surface area contributed by atoms with Crippen molar-refractivity contribution >= 4 is 23.4 Å². The average molecular weight is 579 g/mol. The summed E-state index contributed by atoms with van der Waals surface area (Å²) in [6, 6.07) is 6.97. The SMILES string of the molecule is CCCCCCCCCCCCNC(=O)CCCOc1ccc(NC(NC(=O)CC(C)O)C(=O)N(CC)OC)cc1. The van der Waals surface area contributed by atoms with Gasteiger partial charge in [0.1, 0.15) is 5.75 Å². The molecule has 3 amide bonds. The van der Waals surface area contributed by atoms with Crippen LogP contribution in [0.15, 0.2) is 24.3 Å². The molecule has 0 aliphatic heterocycles. The van der Waals surface area contributed by atoms with Gasteiger partial charge in [-0.1, -0.05) is 64.7 Å². The Morgan fingerprint density at radius 1 is 0.878 bits per heavy atom. The lowest BCUT2D eigenvalue weighted by Crippen LogP contribution is -2.52. The zero-order chi connectivity index (χ0) is 30.3. The van der Waals surface area contributed by atoms with Crippen LogP contribution in [-0.2, 0) is 19.2 Å². The van der Waals surface area contributed by atoms with Crippen LogP contribution in [0.5, 0.6) is 5.75 Å². The number of anilines is 1. The van der Waals surface area contributed by atoms with Crippen LogP contribution in [-0.4, -0.2) is 67.0 Å². The maximum Gasteiger partial charge on any atom is 0.289 e. The van der Waals surface area contributed by atoms with Gasteiger partial charge in [-0.25, -0.2) is 5.06 Å². The van der Waals surface area contributed by atoms with E-state index in [1.54, 1.807) is 31.2 Å². The first-order valence-corrected chi connectivity index (χ1v) is 15.4. The van der Waals surface area contributed by atoms with Gasteiger partial charge in [0.15, 0.2) is 6.17 Å². The third kappa shape index (κ3) is 17.5. The first kappa shape index (κ1) is 36.2. The quantitative estimate of drug-likeness (QED) is 0.0779. The Balaban J connectivity index is 2.31. The van der Waals surface area contributed by atoms with E-state index in [1.165, 1.54) is 65.4 Å². The topological polar surface area (TPSA) is 129 Å². The molecule has 2 atom stereocenters. The summed E-state index contributed by atoms with van der Waals surface area (Å²) in [6.07, 6.45) is 11.8. The van der Waals surface area contributed by atoms with E-state index in [-0.39, 0.29) is 12.3 Å². The van der Waals surface area contributed by atoms with Gasteiger partial charge in [-0.05, 0) is 51.0 Å². The molecular formula is C31H54N4O6. The average Bonchev–Trinajstić information content (AvgIpc) is 2.94. The molecule has 0 radical (unpaired) electrons. The molecule has 41 heavy (non-hydrogen) atoms. The summed E-state index contributed by atoms with van der Waals surface area (Å²) < 4.78 is 5.76. The molecule has 0 fully saturated rings. The number of likely N-dealkylation sites (N-methyl/N-ethyl adjacent to an activating group) is 1. The van der Waals surface area contributed by atoms with Crippen LogP contribution < -0.4 is 20.7 Å². The van der Waals surface area contributed by atoms with Crippen LogP contribution in [0.2, 0.25) is 0 Å². The molecule has 0 saturated heterocycles. The zero-order valence-electron chi connectivity index (χ0n) is 25.7. The van der Waals surface area contributed by atoms with Crippen molar-refractivity contribution in [1.29, 1.82) is 0 Å². The molecule has 0 bridgehead atoms. The maximum atomic E-state index is 12.8. The van der Waals surface area contributed by atoms with Crippen LogP contribution >= 0.6 is 0 Å². The second-order valence-electron chi connectivity index (χ2n) is 10.4. The number of carbonyl (C=O) groups excluding carboxylic acids is 3. The van der Waals surface area contributed by atoms with Gasteiger partial charge >= 0.3 is 0 Å². The van der Waals surface area contributed by atoms with Crippen molar-refractivity contribution in [2.45, 2.75) is 117 Å². The van der Waals surface area contributed by atoms with Gasteiger partial charge in [-0.3, -0.25) is 19.2 Å². The summed E-state index contributed by atoms with van der Waals surface area (Å²) >= 11 is 0. The summed E-state index contributed by atoms with van der Waals surface area (Å²) in [5.41, 5.74) is 0.589. The Morgan fingerprint density at radius 3 is 2.05 bits per heavy atom. The van der Waals surface area contributed by atoms with Gasteiger partial charge in [0.2, 0.25) is 11.8 Å². The predicted molar refractivity (Wildman–Crippen MR) is 162 cm³/mol. The number of hydrogen-bond donors (Lipinski definition) is 4. The number of amides is 3. The van der Waals surface area contributed by atoms with E-state index in [2.05, 4.69) is 22.9 Å². The highest BCUT2D eigenvalue weighted by molar-refractivity contribution is 5.89. The number of nitrogens with zero attached hydrogens (tertiary/aromatic N) is 1. The summed E-state index contributed by atoms with van der Waals surface area (Å²) in [5, 5.41) is 19.2. The minimum Gasteiger partial charge on any atom is -0.494 e. The Morgan fingerprint density at radius 2 is 1.49 bits per heavy atom. The number of hydrogen-bond acceptors (Lipinski definition) is 7. The second-order valence-corrected chi connectivity index (χ2v) is 10.4. The van der Waals surface area contributed by atoms with E-state index in [1.807, 2.05) is 0 Å². The lowest BCUT2D eigenvalue weighted by molar-refractivity contribution is -0.176. The van der Waals surface area contributed by atoms with Crippen molar-refractivity contribution in [2.75, 3.05) is 32.1 Å². The summed E-state index contributed by atoms with van der Waals surface area (Å²) in [7, 11) is 1.38. The molecule has 0 aromatic heterocycles. The smallest absolute Gasteiger partial charge is 0.289 e. The van der Waals surface area contributed by atoms with E-state index in [4.69, 9.17) is 9.57 Å². The molecule has 10 heteroatoms. The highest BCUT2D eigenvalue weighted by Crippen LogP contribution is 2.17. The molecule has 1 aromatic carbocycles. The van der Waals surface area contributed by atoms with E-state index in [9.17, 15) is 19.5 Å². The number of nitrogens with one attached hydrogen (secondary N) is 3. The molecular weight excluding hydrogens is 524 g/mol. The Labute approximate surface area is 246 Å². The number of hydroxylamine groups is 2. The van der Waals surface area contributed by atoms with E-state index in [0.29, 0.717) is 37.4 Å². The van der Waals surface area contributed by atoms with Crippen molar-refractivity contribution in [1.82, 2.24) is 15.7 Å². The lowest BCUT2D eigenvalue weighted by Gasteiger charge is -2.26. The summed E-state index contributed by atoms with van der Waals surface area (Å²) in [4.78, 5) is 42.2. The molecule has 0 aliphatic carbocycles. The highest BCUT2D eigenvalue weighted by atomic mass is 16.7. The molecule has 0 heterocycles. The number of unbranched alkanes of at least 4 members (excludes halogenated alkanes) is 9. The molecule has 10 nitrogen and oxygen atoms in total. The predicted octanol–water partition coefficient (Wildman–Crippen LogP) is 4.92. The third-order valence-corrected chi connectivity index (χ3v) is 6.62. The molecule has 1 rings (SSSR count). The monoisotopic (exact) mass is 578 g/mol. The van der Waals surface area contributed by atoms with Gasteiger partial charge < -0.3 is 25.8 Å². The fourth-order valence-corrected chi connectivity index (χ4v) is 4.33. The fourth-order valence-electron chi connectivity index (χ4n) is 4.33. The highest BCUT2D eigenvalue weighted by Gasteiger charge is 2.26. The zero-order valence-corrected chi connectivity index (χ0v) is 25.7. The van der Waals surface area contributed by atoms with Crippen LogP contribution in [0, 0.1) is 0 Å². The molecule has 0 saturated carbocycles. The van der Waals surface area contributed by atoms with Crippen LogP contribution in [0.3, 0.4) is 0 Å². The van der Waals surface area contributed by atoms with Crippen LogP contribution in [0.1, 0.15) is 104 Å². The number of aliphatic hydroxyl groups excluding tert-OH is 1. The number of ether oxygens (including phenoxy) is 1. The first-order valence-electron chi connectivity index (χ1n) is 15.4. The number of carbonyl (C=O) groups is 3. The summed E-state index contributed by atoms with van der Waals surface area (Å²) in [6.45, 7) is 6.94. The van der Waals surface area contributed by atoms with E-state index < -0.39 is 24.1 Å². The molecule has 4 N–H and O–H groups in total. The Bertz CT molecular complexity index is 846.